The topological polar surface area (TPSA) is 186 Å². The van der Waals surface area contributed by atoms with Crippen LogP contribution < -0.4 is 29.7 Å². The number of halogens is 1. The van der Waals surface area contributed by atoms with E-state index in [4.69, 9.17) is 19.2 Å². The van der Waals surface area contributed by atoms with Gasteiger partial charge in [0.1, 0.15) is 52.3 Å². The number of carbonyl (C=O) groups excluding carboxylic acids is 4. The highest BCUT2D eigenvalue weighted by Gasteiger charge is 2.64. The molecule has 1 aromatic carbocycles. The maximum atomic E-state index is 14.9. The van der Waals surface area contributed by atoms with Gasteiger partial charge in [0, 0.05) is 31.8 Å². The fourth-order valence-electron chi connectivity index (χ4n) is 7.98. The van der Waals surface area contributed by atoms with Gasteiger partial charge in [-0.3, -0.25) is 19.1 Å². The van der Waals surface area contributed by atoms with Crippen molar-refractivity contribution in [2.24, 2.45) is 17.8 Å². The number of alkyl halides is 1. The number of sulfonamides is 1. The van der Waals surface area contributed by atoms with E-state index in [1.54, 1.807) is 33.9 Å². The van der Waals surface area contributed by atoms with Crippen molar-refractivity contribution in [3.8, 4) is 11.6 Å². The van der Waals surface area contributed by atoms with Crippen molar-refractivity contribution in [3.05, 3.63) is 36.4 Å². The molecule has 17 heteroatoms. The number of nitrogens with zero attached hydrogens (tertiary/aromatic N) is 3. The summed E-state index contributed by atoms with van der Waals surface area (Å²) in [4.78, 5) is 64.7. The first kappa shape index (κ1) is 42.9. The van der Waals surface area contributed by atoms with Gasteiger partial charge in [-0.05, 0) is 101 Å². The molecule has 0 unspecified atom stereocenters. The van der Waals surface area contributed by atoms with Gasteiger partial charge in [0.2, 0.25) is 27.7 Å². The minimum atomic E-state index is -4.39. The number of allylic oxidation sites excluding steroid dienone is 1. The molecule has 1 saturated heterocycles. The molecule has 2 aliphatic carbocycles. The number of carbonyl (C=O) groups is 4. The number of hydrogen-bond acceptors (Lipinski definition) is 11. The quantitative estimate of drug-likeness (QED) is 0.305. The van der Waals surface area contributed by atoms with Gasteiger partial charge in [0.15, 0.2) is 0 Å². The van der Waals surface area contributed by atoms with E-state index in [-0.39, 0.29) is 49.9 Å². The molecule has 15 nitrogen and oxygen atoms in total. The van der Waals surface area contributed by atoms with Crippen molar-refractivity contribution in [3.63, 3.8) is 0 Å². The maximum absolute atomic E-state index is 14.9. The Hall–Kier alpha value is -4.67. The Labute approximate surface area is 339 Å². The highest BCUT2D eigenvalue weighted by Crippen LogP contribution is 2.48. The summed E-state index contributed by atoms with van der Waals surface area (Å²) in [6.45, 7) is 7.87. The van der Waals surface area contributed by atoms with Crippen molar-refractivity contribution in [2.75, 3.05) is 39.3 Å². The van der Waals surface area contributed by atoms with Crippen molar-refractivity contribution < 1.29 is 46.2 Å². The van der Waals surface area contributed by atoms with Crippen LogP contribution in [0.2, 0.25) is 0 Å². The summed E-state index contributed by atoms with van der Waals surface area (Å²) in [5, 5.41) is 7.10. The van der Waals surface area contributed by atoms with Crippen molar-refractivity contribution in [2.45, 2.75) is 114 Å². The molecule has 7 atom stereocenters. The summed E-state index contributed by atoms with van der Waals surface area (Å²) in [5.74, 6) is -1.53. The molecule has 1 aromatic heterocycles. The van der Waals surface area contributed by atoms with Gasteiger partial charge >= 0.3 is 6.09 Å². The summed E-state index contributed by atoms with van der Waals surface area (Å²) < 4.78 is 58.4. The molecule has 318 valence electrons. The van der Waals surface area contributed by atoms with Gasteiger partial charge in [-0.1, -0.05) is 26.0 Å². The van der Waals surface area contributed by atoms with Crippen molar-refractivity contribution >= 4 is 50.4 Å². The van der Waals surface area contributed by atoms with Gasteiger partial charge in [-0.2, -0.15) is 4.98 Å². The zero-order chi connectivity index (χ0) is 42.4. The number of benzene rings is 1. The van der Waals surface area contributed by atoms with Crippen LogP contribution in [-0.4, -0.2) is 111 Å². The average Bonchev–Trinajstić information content (AvgIpc) is 4.05. The first-order valence-corrected chi connectivity index (χ1v) is 21.4. The molecule has 2 aliphatic heterocycles. The molecule has 0 bridgehead atoms. The van der Waals surface area contributed by atoms with E-state index in [0.717, 1.165) is 11.8 Å². The molecule has 0 spiro atoms. The Bertz CT molecular complexity index is 2070. The standard InChI is InChI=1S/C41H57FN6O9S/c1-24-11-9-10-12-27-21-41(27,37(51)46-58(53,54)40(23-42)15-16-40)45-34(49)31-20-29(22-48(31)36(50)33(25(2)17-24)44-38(52)57-39(3,4)5)56-35-30-14-13-28(55-8)18-26(30)19-32(43-35)47(6)7/h10,12-14,18-19,24-25,27,29,31,33H,9,11,15-17,20-23H2,1-8H3,(H,44,52)(H,45,49)(H,46,51)/b12-10-/t24-,25+,27+,29+,31-,33-,41+/m0/s1. The second-order valence-electron chi connectivity index (χ2n) is 17.7. The lowest BCUT2D eigenvalue weighted by Gasteiger charge is -2.33. The summed E-state index contributed by atoms with van der Waals surface area (Å²) >= 11 is 0. The van der Waals surface area contributed by atoms with E-state index >= 15 is 0 Å². The molecule has 2 aromatic rings. The molecule has 4 aliphatic rings. The van der Waals surface area contributed by atoms with Crippen LogP contribution >= 0.6 is 0 Å². The lowest BCUT2D eigenvalue weighted by Crippen LogP contribution is -2.59. The Balaban J connectivity index is 1.37. The number of anilines is 1. The highest BCUT2D eigenvalue weighted by atomic mass is 32.2. The second-order valence-corrected chi connectivity index (χ2v) is 19.8. The van der Waals surface area contributed by atoms with Gasteiger partial charge in [0.05, 0.1) is 13.7 Å². The number of hydrogen-bond donors (Lipinski definition) is 3. The SMILES string of the molecule is COc1ccc2c(O[C@@H]3C[C@H]4C(=O)N[C@]5(C(=O)NS(=O)(=O)C6(CF)CC6)C[C@H]5/C=C\CC[C@H](C)C[C@@H](C)[C@H](NC(=O)OC(C)(C)C)C(=O)N4C3)nc(N(C)C)cc2c1. The predicted octanol–water partition coefficient (Wildman–Crippen LogP) is 4.39. The highest BCUT2D eigenvalue weighted by molar-refractivity contribution is 7.91. The maximum Gasteiger partial charge on any atom is 0.408 e. The number of amides is 4. The molecule has 58 heavy (non-hydrogen) atoms. The summed E-state index contributed by atoms with van der Waals surface area (Å²) in [7, 11) is 0.857. The number of rotatable bonds is 9. The summed E-state index contributed by atoms with van der Waals surface area (Å²) in [6, 6.07) is 5.04. The number of nitrogens with one attached hydrogen (secondary N) is 3. The van der Waals surface area contributed by atoms with Crippen LogP contribution in [0.4, 0.5) is 15.0 Å². The summed E-state index contributed by atoms with van der Waals surface area (Å²) in [6.07, 6.45) is 4.31. The minimum Gasteiger partial charge on any atom is -0.497 e. The zero-order valence-corrected chi connectivity index (χ0v) is 35.4. The second kappa shape index (κ2) is 16.2. The van der Waals surface area contributed by atoms with Crippen LogP contribution in [0.1, 0.15) is 79.6 Å². The Morgan fingerprint density at radius 2 is 1.84 bits per heavy atom. The van der Waals surface area contributed by atoms with Gasteiger partial charge in [-0.15, -0.1) is 0 Å². The monoisotopic (exact) mass is 828 g/mol. The molecule has 3 heterocycles. The molecule has 0 radical (unpaired) electrons. The fourth-order valence-corrected chi connectivity index (χ4v) is 9.41. The van der Waals surface area contributed by atoms with E-state index < -0.39 is 80.5 Å². The van der Waals surface area contributed by atoms with E-state index in [0.29, 0.717) is 29.8 Å². The number of ether oxygens (including phenoxy) is 3. The van der Waals surface area contributed by atoms with E-state index in [9.17, 15) is 32.0 Å². The molecular formula is C41H57FN6O9S. The Kier molecular flexibility index (Phi) is 12.0. The van der Waals surface area contributed by atoms with Crippen LogP contribution in [0.15, 0.2) is 36.4 Å². The number of aromatic nitrogens is 1. The molecule has 6 rings (SSSR count). The number of pyridine rings is 1. The van der Waals surface area contributed by atoms with Gasteiger partial charge < -0.3 is 34.6 Å². The molecule has 2 saturated carbocycles. The lowest BCUT2D eigenvalue weighted by atomic mass is 9.88. The molecular weight excluding hydrogens is 772 g/mol. The van der Waals surface area contributed by atoms with Crippen LogP contribution in [0.3, 0.4) is 0 Å². The van der Waals surface area contributed by atoms with E-state index in [2.05, 4.69) is 22.3 Å². The number of methoxy groups -OCH3 is 1. The minimum absolute atomic E-state index is 0.0193. The van der Waals surface area contributed by atoms with Crippen LogP contribution in [0.5, 0.6) is 11.6 Å². The van der Waals surface area contributed by atoms with Crippen LogP contribution in [0.25, 0.3) is 10.8 Å². The van der Waals surface area contributed by atoms with E-state index in [1.165, 1.54) is 4.90 Å². The third kappa shape index (κ3) is 8.98. The smallest absolute Gasteiger partial charge is 0.408 e. The lowest BCUT2D eigenvalue weighted by molar-refractivity contribution is -0.142. The molecule has 3 fully saturated rings. The number of fused-ring (bicyclic) bond motifs is 3. The van der Waals surface area contributed by atoms with Crippen molar-refractivity contribution in [1.82, 2.24) is 25.2 Å². The van der Waals surface area contributed by atoms with Crippen LogP contribution in [0, 0.1) is 17.8 Å². The average molecular weight is 829 g/mol. The normalized spacial score (nSPS) is 29.1. The first-order chi connectivity index (χ1) is 27.2. The van der Waals surface area contributed by atoms with Crippen LogP contribution in [-0.2, 0) is 29.1 Å². The predicted molar refractivity (Wildman–Crippen MR) is 216 cm³/mol. The van der Waals surface area contributed by atoms with E-state index in [1.807, 2.05) is 56.3 Å². The number of alkyl carbamates (subject to hydrolysis) is 1. The summed E-state index contributed by atoms with van der Waals surface area (Å²) in [5.41, 5.74) is -2.51. The largest absolute Gasteiger partial charge is 0.497 e. The zero-order valence-electron chi connectivity index (χ0n) is 34.6. The van der Waals surface area contributed by atoms with Gasteiger partial charge in [0.25, 0.3) is 5.91 Å². The Morgan fingerprint density at radius 1 is 1.12 bits per heavy atom. The van der Waals surface area contributed by atoms with Crippen molar-refractivity contribution in [1.29, 1.82) is 0 Å². The first-order valence-electron chi connectivity index (χ1n) is 20.0. The third-order valence-corrected chi connectivity index (χ3v) is 13.8. The third-order valence-electron chi connectivity index (χ3n) is 11.7. The fraction of sp³-hybridized carbons (Fsp3) is 0.634. The molecule has 3 N–H and O–H groups in total. The van der Waals surface area contributed by atoms with Gasteiger partial charge in [-0.25, -0.2) is 17.6 Å². The molecule has 4 amide bonds. The Morgan fingerprint density at radius 3 is 2.48 bits per heavy atom.